The maximum atomic E-state index is 13.0. The maximum absolute atomic E-state index is 13.0. The van der Waals surface area contributed by atoms with Gasteiger partial charge in [0.2, 0.25) is 0 Å². The van der Waals surface area contributed by atoms with Crippen LogP contribution >= 0.6 is 0 Å². The van der Waals surface area contributed by atoms with Gasteiger partial charge in [0.25, 0.3) is 0 Å². The zero-order chi connectivity index (χ0) is 23.5. The van der Waals surface area contributed by atoms with E-state index in [2.05, 4.69) is 45.9 Å². The lowest BCUT2D eigenvalue weighted by atomic mass is 9.44. The summed E-state index contributed by atoms with van der Waals surface area (Å²) in [6.07, 6.45) is 13.6. The van der Waals surface area contributed by atoms with Gasteiger partial charge in [-0.2, -0.15) is 0 Å². The van der Waals surface area contributed by atoms with E-state index in [4.69, 9.17) is 0 Å². The van der Waals surface area contributed by atoms with Gasteiger partial charge in [0.05, 0.1) is 5.41 Å². The molecule has 4 aliphatic rings. The first kappa shape index (κ1) is 24.0. The van der Waals surface area contributed by atoms with Crippen LogP contribution in [-0.2, 0) is 4.79 Å². The number of Topliss-reactive ketones (excluding diaryl/α,β-unsaturated/α-hetero) is 1. The lowest BCUT2D eigenvalue weighted by Gasteiger charge is -2.60. The summed E-state index contributed by atoms with van der Waals surface area (Å²) in [5.41, 5.74) is 1.58. The highest BCUT2D eigenvalue weighted by molar-refractivity contribution is 6.43. The normalized spacial score (nSPS) is 42.9. The van der Waals surface area contributed by atoms with Crippen molar-refractivity contribution in [1.82, 2.24) is 0 Å². The van der Waals surface area contributed by atoms with Crippen molar-refractivity contribution in [1.29, 1.82) is 0 Å². The van der Waals surface area contributed by atoms with E-state index in [9.17, 15) is 10.0 Å². The second kappa shape index (κ2) is 8.27. The van der Waals surface area contributed by atoms with Gasteiger partial charge >= 0.3 is 0 Å². The Hall–Kier alpha value is -1.12. The van der Waals surface area contributed by atoms with Crippen LogP contribution in [0.1, 0.15) is 106 Å². The highest BCUT2D eigenvalue weighted by Gasteiger charge is 2.62. The molecule has 7 atom stereocenters. The fourth-order valence-electron chi connectivity index (χ4n) is 9.31. The van der Waals surface area contributed by atoms with Gasteiger partial charge in [-0.15, -0.1) is 0 Å². The number of ketones is 1. The van der Waals surface area contributed by atoms with Crippen LogP contribution in [-0.4, -0.2) is 16.7 Å². The fraction of sp³-hybridized carbons (Fsp3) is 0.862. The first-order chi connectivity index (χ1) is 15.0. The van der Waals surface area contributed by atoms with Gasteiger partial charge in [-0.3, -0.25) is 4.79 Å². The van der Waals surface area contributed by atoms with Crippen molar-refractivity contribution in [2.45, 2.75) is 106 Å². The van der Waals surface area contributed by atoms with E-state index in [1.165, 1.54) is 50.5 Å². The molecule has 4 aliphatic carbocycles. The van der Waals surface area contributed by atoms with Crippen LogP contribution in [0.25, 0.3) is 0 Å². The Morgan fingerprint density at radius 2 is 1.78 bits per heavy atom. The molecule has 0 aromatic heterocycles. The van der Waals surface area contributed by atoms with Crippen molar-refractivity contribution in [2.75, 3.05) is 0 Å². The number of hydrogen-bond acceptors (Lipinski definition) is 3. The van der Waals surface area contributed by atoms with Gasteiger partial charge in [-0.1, -0.05) is 70.7 Å². The molecule has 0 aromatic carbocycles. The molecule has 0 aliphatic heterocycles. The molecule has 0 amide bonds. The Kier molecular flexibility index (Phi) is 6.21. The zero-order valence-electron chi connectivity index (χ0n) is 21.7. The number of fused-ring (bicyclic) bond motifs is 5. The second-order valence-corrected chi connectivity index (χ2v) is 13.4. The summed E-state index contributed by atoms with van der Waals surface area (Å²) in [7, 11) is 0. The fourth-order valence-corrected chi connectivity index (χ4v) is 9.31. The summed E-state index contributed by atoms with van der Waals surface area (Å²) in [5, 5.41) is 13.1. The van der Waals surface area contributed by atoms with Crippen LogP contribution in [0.4, 0.5) is 0 Å². The van der Waals surface area contributed by atoms with Crippen LogP contribution in [0.5, 0.6) is 0 Å². The Morgan fingerprint density at radius 1 is 1.06 bits per heavy atom. The molecule has 0 spiro atoms. The van der Waals surface area contributed by atoms with E-state index in [1.807, 2.05) is 13.8 Å². The second-order valence-electron chi connectivity index (χ2n) is 13.4. The average molecular weight is 442 g/mol. The van der Waals surface area contributed by atoms with Crippen LogP contribution in [0.2, 0.25) is 0 Å². The molecule has 180 valence electrons. The third kappa shape index (κ3) is 3.52. The quantitative estimate of drug-likeness (QED) is 0.270. The minimum atomic E-state index is -0.552. The predicted molar refractivity (Wildman–Crippen MR) is 132 cm³/mol. The van der Waals surface area contributed by atoms with E-state index >= 15 is 0 Å². The van der Waals surface area contributed by atoms with Gasteiger partial charge < -0.3 is 5.21 Å². The molecule has 32 heavy (non-hydrogen) atoms. The molecular weight excluding hydrogens is 394 g/mol. The van der Waals surface area contributed by atoms with Crippen LogP contribution < -0.4 is 0 Å². The number of rotatable bonds is 5. The Balaban J connectivity index is 1.59. The number of hydrogen-bond donors (Lipinski definition) is 1. The van der Waals surface area contributed by atoms with E-state index in [0.717, 1.165) is 30.1 Å². The molecule has 3 nitrogen and oxygen atoms in total. The van der Waals surface area contributed by atoms with Crippen LogP contribution in [0.15, 0.2) is 16.8 Å². The Morgan fingerprint density at radius 3 is 2.44 bits per heavy atom. The third-order valence-electron chi connectivity index (χ3n) is 10.8. The Labute approximate surface area is 196 Å². The monoisotopic (exact) mass is 441 g/mol. The van der Waals surface area contributed by atoms with Crippen molar-refractivity contribution in [3.8, 4) is 0 Å². The molecule has 0 radical (unpaired) electrons. The molecule has 0 heterocycles. The highest BCUT2D eigenvalue weighted by atomic mass is 16.4. The predicted octanol–water partition coefficient (Wildman–Crippen LogP) is 7.67. The highest BCUT2D eigenvalue weighted by Crippen LogP contribution is 2.68. The summed E-state index contributed by atoms with van der Waals surface area (Å²) in [4.78, 5) is 13.0. The molecule has 3 saturated carbocycles. The number of carbonyl (C=O) groups excluding carboxylic acids is 1. The molecule has 1 N–H and O–H groups in total. The third-order valence-corrected chi connectivity index (χ3v) is 10.8. The number of carbonyl (C=O) groups is 1. The molecule has 4 rings (SSSR count). The summed E-state index contributed by atoms with van der Waals surface area (Å²) in [6.45, 7) is 16.3. The van der Waals surface area contributed by atoms with Gasteiger partial charge in [-0.25, -0.2) is 0 Å². The van der Waals surface area contributed by atoms with Crippen molar-refractivity contribution >= 4 is 11.5 Å². The maximum Gasteiger partial charge on any atom is 0.190 e. The SMILES string of the molecule is CC(C)CCC[C@@H](C)[C@H]1CC[C@H]2[C@@H]3CC=C4C(C)(C)C(=O)/C(=N\O)C[C@]4(C)[C@H]3CC[C@]12C. The van der Waals surface area contributed by atoms with Gasteiger partial charge in [0.15, 0.2) is 5.78 Å². The molecule has 0 saturated heterocycles. The molecule has 3 heteroatoms. The van der Waals surface area contributed by atoms with Crippen LogP contribution in [0, 0.1) is 51.8 Å². The summed E-state index contributed by atoms with van der Waals surface area (Å²) in [6, 6.07) is 0. The van der Waals surface area contributed by atoms with E-state index in [-0.39, 0.29) is 11.2 Å². The summed E-state index contributed by atoms with van der Waals surface area (Å²) >= 11 is 0. The van der Waals surface area contributed by atoms with Crippen molar-refractivity contribution in [3.05, 3.63) is 11.6 Å². The minimum absolute atomic E-state index is 0.0129. The van der Waals surface area contributed by atoms with E-state index < -0.39 is 5.41 Å². The standard InChI is InChI=1S/C29H47NO2/c1-18(2)9-8-10-19(3)21-12-13-22-20-11-14-25-27(4,5)26(31)24(30-32)17-29(25,7)23(20)15-16-28(21,22)6/h14,18-23,32H,8-13,15-17H2,1-7H3/b30-24-/t19-,20+,21-,22+,23+,28-,29-/m1/s1. The Bertz CT molecular complexity index is 808. The zero-order valence-corrected chi connectivity index (χ0v) is 21.7. The molecule has 0 bridgehead atoms. The lowest BCUT2D eigenvalue weighted by Crippen LogP contribution is -2.56. The first-order valence-electron chi connectivity index (χ1n) is 13.4. The molecular formula is C29H47NO2. The average Bonchev–Trinajstić information content (AvgIpc) is 3.08. The summed E-state index contributed by atoms with van der Waals surface area (Å²) in [5.74, 6) is 4.61. The van der Waals surface area contributed by atoms with Crippen molar-refractivity contribution < 1.29 is 10.0 Å². The summed E-state index contributed by atoms with van der Waals surface area (Å²) < 4.78 is 0. The van der Waals surface area contributed by atoms with E-state index in [1.54, 1.807) is 0 Å². The molecule has 0 unspecified atom stereocenters. The van der Waals surface area contributed by atoms with Gasteiger partial charge in [-0.05, 0) is 92.3 Å². The lowest BCUT2D eigenvalue weighted by molar-refractivity contribution is -0.122. The molecule has 0 aromatic rings. The number of allylic oxidation sites excluding steroid dienone is 2. The largest absolute Gasteiger partial charge is 0.411 e. The van der Waals surface area contributed by atoms with E-state index in [0.29, 0.717) is 29.4 Å². The smallest absolute Gasteiger partial charge is 0.190 e. The van der Waals surface area contributed by atoms with Crippen molar-refractivity contribution in [3.63, 3.8) is 0 Å². The number of oxime groups is 1. The first-order valence-corrected chi connectivity index (χ1v) is 13.4. The molecule has 3 fully saturated rings. The topological polar surface area (TPSA) is 49.7 Å². The van der Waals surface area contributed by atoms with Crippen molar-refractivity contribution in [2.24, 2.45) is 56.9 Å². The minimum Gasteiger partial charge on any atom is -0.411 e. The van der Waals surface area contributed by atoms with Crippen LogP contribution in [0.3, 0.4) is 0 Å². The van der Waals surface area contributed by atoms with Gasteiger partial charge in [0, 0.05) is 6.42 Å². The number of nitrogens with zero attached hydrogens (tertiary/aromatic N) is 1. The van der Waals surface area contributed by atoms with Gasteiger partial charge in [0.1, 0.15) is 5.71 Å².